The summed E-state index contributed by atoms with van der Waals surface area (Å²) in [4.78, 5) is 41.1. The van der Waals surface area contributed by atoms with Crippen molar-refractivity contribution in [3.63, 3.8) is 0 Å². The maximum Gasteiger partial charge on any atom is 0.305 e. The summed E-state index contributed by atoms with van der Waals surface area (Å²) in [6.07, 6.45) is 2.14. The first-order valence-electron chi connectivity index (χ1n) is 14.5. The third-order valence-corrected chi connectivity index (χ3v) is 7.70. The number of amides is 1. The Balaban J connectivity index is 2.10. The molecule has 43 heavy (non-hydrogen) atoms. The van der Waals surface area contributed by atoms with Gasteiger partial charge in [-0.3, -0.25) is 14.4 Å². The van der Waals surface area contributed by atoms with Crippen molar-refractivity contribution in [3.05, 3.63) is 91.9 Å². The van der Waals surface area contributed by atoms with Gasteiger partial charge in [0.05, 0.1) is 12.5 Å². The maximum atomic E-state index is 15.7. The van der Waals surface area contributed by atoms with E-state index in [0.717, 1.165) is 17.7 Å². The molecule has 232 valence electrons. The largest absolute Gasteiger partial charge is 0.481 e. The van der Waals surface area contributed by atoms with Crippen LogP contribution in [0.15, 0.2) is 41.3 Å². The standard InChI is InChI=1S/C34H43F2N3O4/c1-19(2)11-29(39-18-24(9-10-38(7)8)20(3)15-30(39)40)34(43)37-28(17-31(41)42)27-16-25(12-23(6)33(27)36)32-21(4)13-26(35)14-22(32)5/h12-16,18-19,28-29H,9-11,17H2,1-8H3,(H,37,43)(H,41,42)/t28-,29?/m0/s1. The van der Waals surface area contributed by atoms with Gasteiger partial charge in [-0.05, 0) is 124 Å². The Morgan fingerprint density at radius 1 is 0.953 bits per heavy atom. The molecule has 3 rings (SSSR count). The molecule has 1 amide bonds. The van der Waals surface area contributed by atoms with Crippen LogP contribution in [0.1, 0.15) is 72.2 Å². The Labute approximate surface area is 252 Å². The fourth-order valence-electron chi connectivity index (χ4n) is 5.57. The van der Waals surface area contributed by atoms with Crippen molar-refractivity contribution in [1.82, 2.24) is 14.8 Å². The number of benzene rings is 2. The van der Waals surface area contributed by atoms with Crippen LogP contribution >= 0.6 is 0 Å². The van der Waals surface area contributed by atoms with E-state index < -0.39 is 36.2 Å². The quantitative estimate of drug-likeness (QED) is 0.266. The monoisotopic (exact) mass is 595 g/mol. The summed E-state index contributed by atoms with van der Waals surface area (Å²) < 4.78 is 31.1. The predicted molar refractivity (Wildman–Crippen MR) is 165 cm³/mol. The maximum absolute atomic E-state index is 15.7. The summed E-state index contributed by atoms with van der Waals surface area (Å²) in [6, 6.07) is 5.30. The molecule has 1 unspecified atom stereocenters. The Bertz CT molecular complexity index is 1540. The number of aryl methyl sites for hydroxylation is 4. The van der Waals surface area contributed by atoms with Gasteiger partial charge < -0.3 is 19.9 Å². The number of hydrogen-bond donors (Lipinski definition) is 2. The van der Waals surface area contributed by atoms with Crippen molar-refractivity contribution in [3.8, 4) is 11.1 Å². The molecular formula is C34H43F2N3O4. The summed E-state index contributed by atoms with van der Waals surface area (Å²) in [6.45, 7) is 11.6. The lowest BCUT2D eigenvalue weighted by atomic mass is 9.90. The van der Waals surface area contributed by atoms with Gasteiger partial charge in [0, 0.05) is 24.4 Å². The molecule has 1 heterocycles. The zero-order chi connectivity index (χ0) is 32.2. The second-order valence-corrected chi connectivity index (χ2v) is 12.2. The lowest BCUT2D eigenvalue weighted by Crippen LogP contribution is -2.40. The number of pyridine rings is 1. The minimum absolute atomic E-state index is 0.0140. The van der Waals surface area contributed by atoms with E-state index >= 15 is 4.39 Å². The van der Waals surface area contributed by atoms with Gasteiger partial charge in [-0.1, -0.05) is 13.8 Å². The van der Waals surface area contributed by atoms with Crippen LogP contribution in [0.4, 0.5) is 8.78 Å². The van der Waals surface area contributed by atoms with Gasteiger partial charge in [0.1, 0.15) is 17.7 Å². The number of aliphatic carboxylic acids is 1. The summed E-state index contributed by atoms with van der Waals surface area (Å²) in [5, 5.41) is 12.5. The number of hydrogen-bond acceptors (Lipinski definition) is 4. The van der Waals surface area contributed by atoms with Crippen LogP contribution in [0.2, 0.25) is 0 Å². The van der Waals surface area contributed by atoms with E-state index in [0.29, 0.717) is 35.1 Å². The molecule has 2 atom stereocenters. The SMILES string of the molecule is Cc1cc(=O)n(C(CC(C)C)C(=O)N[C@@H](CC(=O)O)c2cc(-c3c(C)cc(F)cc3C)cc(C)c2F)cc1CCN(C)C. The summed E-state index contributed by atoms with van der Waals surface area (Å²) in [5.74, 6) is -2.78. The Morgan fingerprint density at radius 2 is 1.58 bits per heavy atom. The van der Waals surface area contributed by atoms with Crippen molar-refractivity contribution in [1.29, 1.82) is 0 Å². The second kappa shape index (κ2) is 14.1. The lowest BCUT2D eigenvalue weighted by molar-refractivity contribution is -0.138. The van der Waals surface area contributed by atoms with Gasteiger partial charge in [-0.15, -0.1) is 0 Å². The highest BCUT2D eigenvalue weighted by Crippen LogP contribution is 2.34. The van der Waals surface area contributed by atoms with Gasteiger partial charge >= 0.3 is 5.97 Å². The number of carbonyl (C=O) groups excluding carboxylic acids is 1. The number of carboxylic acids is 1. The predicted octanol–water partition coefficient (Wildman–Crippen LogP) is 6.05. The molecule has 2 aromatic carbocycles. The van der Waals surface area contributed by atoms with E-state index in [1.54, 1.807) is 33.0 Å². The van der Waals surface area contributed by atoms with Crippen molar-refractivity contribution in [2.45, 2.75) is 72.9 Å². The first-order valence-corrected chi connectivity index (χ1v) is 14.5. The van der Waals surface area contributed by atoms with Crippen LogP contribution < -0.4 is 10.9 Å². The van der Waals surface area contributed by atoms with Gasteiger partial charge in [0.25, 0.3) is 5.56 Å². The Kier molecular flexibility index (Phi) is 11.0. The average molecular weight is 596 g/mol. The highest BCUT2D eigenvalue weighted by Gasteiger charge is 2.29. The van der Waals surface area contributed by atoms with Crippen LogP contribution in [-0.2, 0) is 16.0 Å². The topological polar surface area (TPSA) is 91.6 Å². The van der Waals surface area contributed by atoms with Gasteiger partial charge in [0.2, 0.25) is 5.91 Å². The minimum Gasteiger partial charge on any atom is -0.481 e. The first-order chi connectivity index (χ1) is 20.1. The number of aromatic nitrogens is 1. The van der Waals surface area contributed by atoms with Crippen LogP contribution in [0.25, 0.3) is 11.1 Å². The number of carboxylic acid groups (broad SMARTS) is 1. The number of carbonyl (C=O) groups is 2. The number of halogens is 2. The molecule has 0 fully saturated rings. The fourth-order valence-corrected chi connectivity index (χ4v) is 5.57. The van der Waals surface area contributed by atoms with E-state index in [9.17, 15) is 23.9 Å². The van der Waals surface area contributed by atoms with E-state index in [2.05, 4.69) is 5.32 Å². The zero-order valence-corrected chi connectivity index (χ0v) is 26.3. The average Bonchev–Trinajstić information content (AvgIpc) is 2.87. The van der Waals surface area contributed by atoms with Crippen molar-refractivity contribution in [2.24, 2.45) is 5.92 Å². The fraction of sp³-hybridized carbons (Fsp3) is 0.441. The van der Waals surface area contributed by atoms with E-state index in [4.69, 9.17) is 0 Å². The molecule has 0 bridgehead atoms. The number of rotatable bonds is 12. The lowest BCUT2D eigenvalue weighted by Gasteiger charge is -2.26. The minimum atomic E-state index is -1.22. The van der Waals surface area contributed by atoms with E-state index in [1.807, 2.05) is 39.8 Å². The molecule has 9 heteroatoms. The molecule has 0 aliphatic rings. The third-order valence-electron chi connectivity index (χ3n) is 7.70. The molecule has 3 aromatic rings. The van der Waals surface area contributed by atoms with Crippen molar-refractivity contribution >= 4 is 11.9 Å². The molecule has 0 radical (unpaired) electrons. The number of nitrogens with one attached hydrogen (secondary N) is 1. The molecule has 0 saturated carbocycles. The second-order valence-electron chi connectivity index (χ2n) is 12.2. The van der Waals surface area contributed by atoms with E-state index in [-0.39, 0.29) is 28.4 Å². The van der Waals surface area contributed by atoms with Crippen molar-refractivity contribution in [2.75, 3.05) is 20.6 Å². The molecule has 1 aromatic heterocycles. The molecule has 0 spiro atoms. The number of nitrogens with zero attached hydrogens (tertiary/aromatic N) is 2. The van der Waals surface area contributed by atoms with Crippen LogP contribution in [0, 0.1) is 45.2 Å². The molecule has 0 saturated heterocycles. The van der Waals surface area contributed by atoms with Crippen LogP contribution in [-0.4, -0.2) is 47.1 Å². The smallest absolute Gasteiger partial charge is 0.305 e. The third kappa shape index (κ3) is 8.38. The normalized spacial score (nSPS) is 12.9. The molecule has 0 aliphatic carbocycles. The Morgan fingerprint density at radius 3 is 2.14 bits per heavy atom. The highest BCUT2D eigenvalue weighted by atomic mass is 19.1. The summed E-state index contributed by atoms with van der Waals surface area (Å²) in [5.41, 5.74) is 4.29. The Hall–Kier alpha value is -3.85. The van der Waals surface area contributed by atoms with E-state index in [1.165, 1.54) is 28.8 Å². The molecule has 7 nitrogen and oxygen atoms in total. The van der Waals surface area contributed by atoms with Crippen molar-refractivity contribution < 1.29 is 23.5 Å². The van der Waals surface area contributed by atoms with Crippen LogP contribution in [0.5, 0.6) is 0 Å². The molecular weight excluding hydrogens is 552 g/mol. The zero-order valence-electron chi connectivity index (χ0n) is 26.3. The molecule has 2 N–H and O–H groups in total. The number of likely N-dealkylation sites (N-methyl/N-ethyl adjacent to an activating group) is 1. The first kappa shape index (κ1) is 33.6. The van der Waals surface area contributed by atoms with Gasteiger partial charge in [0.15, 0.2) is 0 Å². The van der Waals surface area contributed by atoms with Gasteiger partial charge in [-0.2, -0.15) is 0 Å². The summed E-state index contributed by atoms with van der Waals surface area (Å²) in [7, 11) is 3.91. The molecule has 0 aliphatic heterocycles. The summed E-state index contributed by atoms with van der Waals surface area (Å²) >= 11 is 0. The van der Waals surface area contributed by atoms with Gasteiger partial charge in [-0.25, -0.2) is 8.78 Å². The van der Waals surface area contributed by atoms with Crippen LogP contribution in [0.3, 0.4) is 0 Å². The highest BCUT2D eigenvalue weighted by molar-refractivity contribution is 5.82.